The van der Waals surface area contributed by atoms with Crippen LogP contribution < -0.4 is 15.8 Å². The summed E-state index contributed by atoms with van der Waals surface area (Å²) in [5.74, 6) is 0.579. The molecule has 9 heteroatoms. The van der Waals surface area contributed by atoms with Gasteiger partial charge in [0, 0.05) is 5.69 Å². The molecule has 0 atom stereocenters. The molecule has 0 heterocycles. The molecular weight excluding hydrogens is 470 g/mol. The number of methoxy groups -OCH3 is 1. The lowest BCUT2D eigenvalue weighted by Gasteiger charge is -2.09. The minimum absolute atomic E-state index is 0. The molecule has 4 nitrogen and oxygen atoms in total. The predicted octanol–water partition coefficient (Wildman–Crippen LogP) is 4.91. The number of guanidine groups is 1. The van der Waals surface area contributed by atoms with Gasteiger partial charge >= 0.3 is 6.18 Å². The number of nitrogens with one attached hydrogen (secondary N) is 1. The van der Waals surface area contributed by atoms with E-state index < -0.39 is 11.7 Å². The van der Waals surface area contributed by atoms with Gasteiger partial charge in [-0.3, -0.25) is 0 Å². The first-order valence-electron chi connectivity index (χ1n) is 6.86. The highest BCUT2D eigenvalue weighted by Gasteiger charge is 2.30. The Bertz CT molecular complexity index is 754. The first kappa shape index (κ1) is 21.4. The first-order valence-corrected chi connectivity index (χ1v) is 7.24. The lowest BCUT2D eigenvalue weighted by molar-refractivity contribution is -0.137. The van der Waals surface area contributed by atoms with Gasteiger partial charge in [0.25, 0.3) is 0 Å². The Labute approximate surface area is 165 Å². The Balaban J connectivity index is 0.00000312. The second-order valence-corrected chi connectivity index (χ2v) is 5.28. The van der Waals surface area contributed by atoms with Gasteiger partial charge in [0.1, 0.15) is 5.75 Å². The Morgan fingerprint density at radius 2 is 1.96 bits per heavy atom. The van der Waals surface area contributed by atoms with Crippen molar-refractivity contribution in [3.8, 4) is 5.75 Å². The van der Waals surface area contributed by atoms with E-state index in [-0.39, 0.29) is 36.5 Å². The van der Waals surface area contributed by atoms with Crippen molar-refractivity contribution in [1.82, 2.24) is 0 Å². The molecule has 0 aromatic heterocycles. The van der Waals surface area contributed by atoms with Gasteiger partial charge < -0.3 is 15.8 Å². The van der Waals surface area contributed by atoms with Crippen molar-refractivity contribution in [2.45, 2.75) is 12.7 Å². The molecule has 2 aromatic rings. The van der Waals surface area contributed by atoms with E-state index in [1.807, 2.05) is 0 Å². The Morgan fingerprint density at radius 1 is 1.24 bits per heavy atom. The largest absolute Gasteiger partial charge is 0.495 e. The summed E-state index contributed by atoms with van der Waals surface area (Å²) in [4.78, 5) is 4.03. The Kier molecular flexibility index (Phi) is 7.81. The molecule has 0 spiro atoms. The van der Waals surface area contributed by atoms with Crippen LogP contribution in [0, 0.1) is 0 Å². The maximum atomic E-state index is 12.7. The molecule has 136 valence electrons. The van der Waals surface area contributed by atoms with Crippen molar-refractivity contribution >= 4 is 47.2 Å². The van der Waals surface area contributed by atoms with E-state index in [9.17, 15) is 13.2 Å². The molecule has 0 aliphatic carbocycles. The number of halogens is 5. The monoisotopic (exact) mass is 485 g/mol. The number of anilines is 1. The fraction of sp³-hybridized carbons (Fsp3) is 0.188. The van der Waals surface area contributed by atoms with Crippen LogP contribution in [0.15, 0.2) is 47.5 Å². The van der Waals surface area contributed by atoms with Crippen LogP contribution in [0.3, 0.4) is 0 Å². The summed E-state index contributed by atoms with van der Waals surface area (Å²) >= 11 is 5.99. The third kappa shape index (κ3) is 6.28. The Hall–Kier alpha value is -1.68. The zero-order valence-electron chi connectivity index (χ0n) is 13.1. The SMILES string of the molecule is COc1ccc(NC(N)=NCc2cccc(C(F)(F)F)c2)cc1Cl.I. The smallest absolute Gasteiger partial charge is 0.416 e. The minimum atomic E-state index is -4.39. The average molecular weight is 486 g/mol. The molecule has 0 radical (unpaired) electrons. The molecular formula is C16H16ClF3IN3O. The van der Waals surface area contributed by atoms with Gasteiger partial charge in [-0.15, -0.1) is 24.0 Å². The van der Waals surface area contributed by atoms with E-state index in [1.165, 1.54) is 13.2 Å². The lowest BCUT2D eigenvalue weighted by atomic mass is 10.1. The second-order valence-electron chi connectivity index (χ2n) is 4.87. The maximum absolute atomic E-state index is 12.7. The number of nitrogens with zero attached hydrogens (tertiary/aromatic N) is 1. The molecule has 0 saturated carbocycles. The van der Waals surface area contributed by atoms with Crippen LogP contribution in [-0.4, -0.2) is 13.1 Å². The van der Waals surface area contributed by atoms with Gasteiger partial charge in [0.2, 0.25) is 0 Å². The van der Waals surface area contributed by atoms with Gasteiger partial charge in [-0.25, -0.2) is 4.99 Å². The summed E-state index contributed by atoms with van der Waals surface area (Å²) in [6.45, 7) is 0.0205. The average Bonchev–Trinajstić information content (AvgIpc) is 2.53. The highest BCUT2D eigenvalue weighted by atomic mass is 127. The summed E-state index contributed by atoms with van der Waals surface area (Å²) < 4.78 is 43.0. The second kappa shape index (κ2) is 9.14. The van der Waals surface area contributed by atoms with Crippen LogP contribution >= 0.6 is 35.6 Å². The molecule has 0 fully saturated rings. The third-order valence-electron chi connectivity index (χ3n) is 3.11. The van der Waals surface area contributed by atoms with E-state index in [0.717, 1.165) is 12.1 Å². The molecule has 25 heavy (non-hydrogen) atoms. The van der Waals surface area contributed by atoms with Gasteiger partial charge in [0.15, 0.2) is 5.96 Å². The standard InChI is InChI=1S/C16H15ClF3N3O.HI/c1-24-14-6-5-12(8-13(14)17)23-15(21)22-9-10-3-2-4-11(7-10)16(18,19)20;/h2-8H,9H2,1H3,(H3,21,22,23);1H. The molecule has 0 saturated heterocycles. The van der Waals surface area contributed by atoms with Crippen LogP contribution in [0.5, 0.6) is 5.75 Å². The summed E-state index contributed by atoms with van der Waals surface area (Å²) in [5.41, 5.74) is 6.02. The molecule has 2 rings (SSSR count). The lowest BCUT2D eigenvalue weighted by Crippen LogP contribution is -2.22. The zero-order chi connectivity index (χ0) is 17.7. The van der Waals surface area contributed by atoms with E-state index in [2.05, 4.69) is 10.3 Å². The molecule has 0 amide bonds. The number of nitrogens with two attached hydrogens (primary N) is 1. The summed E-state index contributed by atoms with van der Waals surface area (Å²) in [6.07, 6.45) is -4.39. The van der Waals surface area contributed by atoms with Gasteiger partial charge in [-0.2, -0.15) is 13.2 Å². The number of benzene rings is 2. The molecule has 0 aliphatic rings. The Morgan fingerprint density at radius 3 is 2.56 bits per heavy atom. The molecule has 3 N–H and O–H groups in total. The first-order chi connectivity index (χ1) is 11.3. The number of aliphatic imine (C=N–C) groups is 1. The number of rotatable bonds is 4. The molecule has 2 aromatic carbocycles. The molecule has 0 aliphatic heterocycles. The van der Waals surface area contributed by atoms with Gasteiger partial charge in [-0.05, 0) is 35.9 Å². The van der Waals surface area contributed by atoms with E-state index in [4.69, 9.17) is 22.1 Å². The normalized spacial score (nSPS) is 11.6. The number of hydrogen-bond acceptors (Lipinski definition) is 2. The summed E-state index contributed by atoms with van der Waals surface area (Å²) in [6, 6.07) is 9.89. The zero-order valence-corrected chi connectivity index (χ0v) is 16.2. The summed E-state index contributed by atoms with van der Waals surface area (Å²) in [7, 11) is 1.50. The molecule has 0 unspecified atom stereocenters. The number of ether oxygens (including phenoxy) is 1. The van der Waals surface area contributed by atoms with Crippen LogP contribution in [0.4, 0.5) is 18.9 Å². The van der Waals surface area contributed by atoms with E-state index in [0.29, 0.717) is 22.0 Å². The predicted molar refractivity (Wildman–Crippen MR) is 104 cm³/mol. The van der Waals surface area contributed by atoms with Crippen LogP contribution in [0.2, 0.25) is 5.02 Å². The third-order valence-corrected chi connectivity index (χ3v) is 3.41. The van der Waals surface area contributed by atoms with Crippen molar-refractivity contribution in [2.75, 3.05) is 12.4 Å². The van der Waals surface area contributed by atoms with Crippen LogP contribution in [0.25, 0.3) is 0 Å². The van der Waals surface area contributed by atoms with E-state index >= 15 is 0 Å². The van der Waals surface area contributed by atoms with E-state index in [1.54, 1.807) is 24.3 Å². The quantitative estimate of drug-likeness (QED) is 0.367. The van der Waals surface area contributed by atoms with Crippen molar-refractivity contribution in [1.29, 1.82) is 0 Å². The fourth-order valence-electron chi connectivity index (χ4n) is 1.95. The fourth-order valence-corrected chi connectivity index (χ4v) is 2.21. The molecule has 0 bridgehead atoms. The van der Waals surface area contributed by atoms with Crippen molar-refractivity contribution in [3.63, 3.8) is 0 Å². The van der Waals surface area contributed by atoms with Crippen molar-refractivity contribution < 1.29 is 17.9 Å². The van der Waals surface area contributed by atoms with Crippen LogP contribution in [-0.2, 0) is 12.7 Å². The number of hydrogen-bond donors (Lipinski definition) is 2. The highest BCUT2D eigenvalue weighted by Crippen LogP contribution is 2.30. The van der Waals surface area contributed by atoms with Gasteiger partial charge in [0.05, 0.1) is 24.2 Å². The number of alkyl halides is 3. The van der Waals surface area contributed by atoms with Crippen molar-refractivity contribution in [3.05, 3.63) is 58.6 Å². The summed E-state index contributed by atoms with van der Waals surface area (Å²) in [5, 5.41) is 3.21. The van der Waals surface area contributed by atoms with Crippen LogP contribution in [0.1, 0.15) is 11.1 Å². The van der Waals surface area contributed by atoms with Crippen molar-refractivity contribution in [2.24, 2.45) is 10.7 Å². The topological polar surface area (TPSA) is 59.6 Å². The maximum Gasteiger partial charge on any atom is 0.416 e. The highest BCUT2D eigenvalue weighted by molar-refractivity contribution is 14.0. The van der Waals surface area contributed by atoms with Gasteiger partial charge in [-0.1, -0.05) is 23.7 Å². The minimum Gasteiger partial charge on any atom is -0.495 e.